The van der Waals surface area contributed by atoms with Crippen LogP contribution in [0.5, 0.6) is 0 Å². The van der Waals surface area contributed by atoms with Gasteiger partial charge in [-0.25, -0.2) is 13.2 Å². The fourth-order valence-electron chi connectivity index (χ4n) is 3.48. The van der Waals surface area contributed by atoms with Crippen LogP contribution >= 0.6 is 0 Å². The first-order valence-electron chi connectivity index (χ1n) is 9.39. The van der Waals surface area contributed by atoms with Gasteiger partial charge in [0.15, 0.2) is 0 Å². The molecule has 2 amide bonds. The van der Waals surface area contributed by atoms with Gasteiger partial charge in [-0.2, -0.15) is 0 Å². The molecule has 0 aliphatic carbocycles. The lowest BCUT2D eigenvalue weighted by Crippen LogP contribution is -2.35. The molecule has 3 aromatic rings. The third kappa shape index (κ3) is 3.91. The minimum Gasteiger partial charge on any atom is -0.319 e. The van der Waals surface area contributed by atoms with Crippen LogP contribution in [0.15, 0.2) is 60.7 Å². The standard InChI is InChI=1S/C23H17F3N2O2/c24-17-6-3-14(4-7-17)23(30)28-11-1-2-15-12-16(5-10-21(15)28)22(29)27-20-9-8-18(25)13-19(20)26/h3-10,12-13H,1-2,11H2,(H,27,29). The molecule has 0 saturated heterocycles. The molecular weight excluding hydrogens is 393 g/mol. The highest BCUT2D eigenvalue weighted by atomic mass is 19.1. The van der Waals surface area contributed by atoms with Crippen LogP contribution in [0.4, 0.5) is 24.5 Å². The molecule has 0 atom stereocenters. The summed E-state index contributed by atoms with van der Waals surface area (Å²) in [7, 11) is 0. The molecule has 0 aromatic heterocycles. The first kappa shape index (κ1) is 19.7. The van der Waals surface area contributed by atoms with Gasteiger partial charge in [-0.3, -0.25) is 9.59 Å². The SMILES string of the molecule is O=C(Nc1ccc(F)cc1F)c1ccc2c(c1)CCCN2C(=O)c1ccc(F)cc1. The van der Waals surface area contributed by atoms with Crippen molar-refractivity contribution >= 4 is 23.2 Å². The topological polar surface area (TPSA) is 49.4 Å². The smallest absolute Gasteiger partial charge is 0.258 e. The molecule has 0 spiro atoms. The van der Waals surface area contributed by atoms with E-state index in [1.54, 1.807) is 23.1 Å². The summed E-state index contributed by atoms with van der Waals surface area (Å²) in [6.45, 7) is 0.509. The van der Waals surface area contributed by atoms with Crippen LogP contribution in [0.25, 0.3) is 0 Å². The second-order valence-corrected chi connectivity index (χ2v) is 6.99. The predicted octanol–water partition coefficient (Wildman–Crippen LogP) is 4.95. The predicted molar refractivity (Wildman–Crippen MR) is 107 cm³/mol. The summed E-state index contributed by atoms with van der Waals surface area (Å²) in [6, 6.07) is 13.1. The molecule has 30 heavy (non-hydrogen) atoms. The largest absolute Gasteiger partial charge is 0.319 e. The van der Waals surface area contributed by atoms with Crippen LogP contribution in [0.3, 0.4) is 0 Å². The van der Waals surface area contributed by atoms with E-state index in [0.717, 1.165) is 17.7 Å². The molecule has 3 aromatic carbocycles. The molecule has 1 aliphatic rings. The van der Waals surface area contributed by atoms with Crippen molar-refractivity contribution in [1.82, 2.24) is 0 Å². The maximum Gasteiger partial charge on any atom is 0.258 e. The van der Waals surface area contributed by atoms with Crippen molar-refractivity contribution in [3.05, 3.63) is 94.8 Å². The highest BCUT2D eigenvalue weighted by Crippen LogP contribution is 2.30. The molecule has 0 radical (unpaired) electrons. The van der Waals surface area contributed by atoms with E-state index in [4.69, 9.17) is 0 Å². The van der Waals surface area contributed by atoms with Gasteiger partial charge in [0.1, 0.15) is 17.5 Å². The van der Waals surface area contributed by atoms with Crippen molar-refractivity contribution in [1.29, 1.82) is 0 Å². The number of hydrogen-bond donors (Lipinski definition) is 1. The zero-order valence-electron chi connectivity index (χ0n) is 15.8. The van der Waals surface area contributed by atoms with Crippen LogP contribution in [0.2, 0.25) is 0 Å². The van der Waals surface area contributed by atoms with Gasteiger partial charge in [0.05, 0.1) is 5.69 Å². The van der Waals surface area contributed by atoms with E-state index < -0.39 is 23.4 Å². The quantitative estimate of drug-likeness (QED) is 0.664. The lowest BCUT2D eigenvalue weighted by Gasteiger charge is -2.30. The van der Waals surface area contributed by atoms with Crippen LogP contribution < -0.4 is 10.2 Å². The summed E-state index contributed by atoms with van der Waals surface area (Å²) in [5, 5.41) is 2.43. The molecule has 4 rings (SSSR count). The number of nitrogens with zero attached hydrogens (tertiary/aromatic N) is 1. The van der Waals surface area contributed by atoms with Crippen molar-refractivity contribution < 1.29 is 22.8 Å². The molecule has 0 fully saturated rings. The highest BCUT2D eigenvalue weighted by Gasteiger charge is 2.24. The van der Waals surface area contributed by atoms with Gasteiger partial charge >= 0.3 is 0 Å². The first-order valence-corrected chi connectivity index (χ1v) is 9.39. The summed E-state index contributed by atoms with van der Waals surface area (Å²) in [6.07, 6.45) is 1.38. The maximum atomic E-state index is 13.8. The molecule has 1 heterocycles. The average Bonchev–Trinajstić information content (AvgIpc) is 2.75. The lowest BCUT2D eigenvalue weighted by molar-refractivity contribution is 0.0984. The van der Waals surface area contributed by atoms with Crippen molar-refractivity contribution in [3.8, 4) is 0 Å². The summed E-state index contributed by atoms with van der Waals surface area (Å²) in [4.78, 5) is 27.0. The normalized spacial score (nSPS) is 13.0. The van der Waals surface area contributed by atoms with E-state index in [0.29, 0.717) is 42.3 Å². The van der Waals surface area contributed by atoms with Gasteiger partial charge in [-0.1, -0.05) is 0 Å². The van der Waals surface area contributed by atoms with Gasteiger partial charge in [-0.15, -0.1) is 0 Å². The second kappa shape index (κ2) is 8.02. The molecule has 4 nitrogen and oxygen atoms in total. The lowest BCUT2D eigenvalue weighted by atomic mass is 9.98. The summed E-state index contributed by atoms with van der Waals surface area (Å²) in [5.41, 5.74) is 2.04. The van der Waals surface area contributed by atoms with Crippen molar-refractivity contribution in [2.45, 2.75) is 12.8 Å². The minimum absolute atomic E-state index is 0.118. The summed E-state index contributed by atoms with van der Waals surface area (Å²) in [5.74, 6) is -2.80. The van der Waals surface area contributed by atoms with E-state index in [1.165, 1.54) is 24.3 Å². The third-order valence-electron chi connectivity index (χ3n) is 4.98. The average molecular weight is 410 g/mol. The number of carbonyl (C=O) groups is 2. The highest BCUT2D eigenvalue weighted by molar-refractivity contribution is 6.08. The van der Waals surface area contributed by atoms with Crippen molar-refractivity contribution in [2.24, 2.45) is 0 Å². The summed E-state index contributed by atoms with van der Waals surface area (Å²) >= 11 is 0. The van der Waals surface area contributed by atoms with Crippen LogP contribution in [0, 0.1) is 17.5 Å². The second-order valence-electron chi connectivity index (χ2n) is 6.99. The molecular formula is C23H17F3N2O2. The third-order valence-corrected chi connectivity index (χ3v) is 4.98. The van der Waals surface area contributed by atoms with E-state index in [1.807, 2.05) is 0 Å². The monoisotopic (exact) mass is 410 g/mol. The molecule has 0 bridgehead atoms. The zero-order chi connectivity index (χ0) is 21.3. The Hall–Kier alpha value is -3.61. The van der Waals surface area contributed by atoms with Crippen LogP contribution in [-0.4, -0.2) is 18.4 Å². The number of nitrogens with one attached hydrogen (secondary N) is 1. The Morgan fingerprint density at radius 2 is 1.53 bits per heavy atom. The van der Waals surface area contributed by atoms with Gasteiger partial charge in [0.2, 0.25) is 0 Å². The molecule has 152 valence electrons. The molecule has 0 unspecified atom stereocenters. The fourth-order valence-corrected chi connectivity index (χ4v) is 3.48. The van der Waals surface area contributed by atoms with Crippen LogP contribution in [0.1, 0.15) is 32.7 Å². The Morgan fingerprint density at radius 1 is 0.833 bits per heavy atom. The van der Waals surface area contributed by atoms with Gasteiger partial charge in [-0.05, 0) is 73.0 Å². The zero-order valence-corrected chi connectivity index (χ0v) is 15.8. The molecule has 1 aliphatic heterocycles. The maximum absolute atomic E-state index is 13.8. The molecule has 7 heteroatoms. The molecule has 1 N–H and O–H groups in total. The number of rotatable bonds is 3. The van der Waals surface area contributed by atoms with E-state index in [9.17, 15) is 22.8 Å². The van der Waals surface area contributed by atoms with Crippen LogP contribution in [-0.2, 0) is 6.42 Å². The number of benzene rings is 3. The Kier molecular flexibility index (Phi) is 5.27. The minimum atomic E-state index is -0.864. The van der Waals surface area contributed by atoms with Gasteiger partial charge < -0.3 is 10.2 Å². The Balaban J connectivity index is 1.57. The number of anilines is 2. The Bertz CT molecular complexity index is 1130. The number of amides is 2. The number of fused-ring (bicyclic) bond motifs is 1. The Morgan fingerprint density at radius 3 is 2.27 bits per heavy atom. The number of halogens is 3. The first-order chi connectivity index (χ1) is 14.4. The Labute approximate surface area is 170 Å². The van der Waals surface area contributed by atoms with Crippen molar-refractivity contribution in [2.75, 3.05) is 16.8 Å². The van der Waals surface area contributed by atoms with E-state index in [2.05, 4.69) is 5.32 Å². The van der Waals surface area contributed by atoms with Gasteiger partial charge in [0.25, 0.3) is 11.8 Å². The number of carbonyl (C=O) groups excluding carboxylic acids is 2. The summed E-state index contributed by atoms with van der Waals surface area (Å²) < 4.78 is 40.0. The molecule has 0 saturated carbocycles. The van der Waals surface area contributed by atoms with Crippen molar-refractivity contribution in [3.63, 3.8) is 0 Å². The number of hydrogen-bond acceptors (Lipinski definition) is 2. The van der Waals surface area contributed by atoms with E-state index in [-0.39, 0.29) is 11.6 Å². The fraction of sp³-hybridized carbons (Fsp3) is 0.130. The van der Waals surface area contributed by atoms with Gasteiger partial charge in [0, 0.05) is 29.4 Å². The number of aryl methyl sites for hydroxylation is 1. The van der Waals surface area contributed by atoms with E-state index >= 15 is 0 Å².